The van der Waals surface area contributed by atoms with Crippen LogP contribution in [0.2, 0.25) is 0 Å². The van der Waals surface area contributed by atoms with E-state index in [4.69, 9.17) is 4.74 Å². The largest absolute Gasteiger partial charge is 0.381 e. The summed E-state index contributed by atoms with van der Waals surface area (Å²) in [7, 11) is 0. The summed E-state index contributed by atoms with van der Waals surface area (Å²) in [6.07, 6.45) is 9.43. The summed E-state index contributed by atoms with van der Waals surface area (Å²) in [6, 6.07) is 2.02. The first kappa shape index (κ1) is 16.7. The number of likely N-dealkylation sites (tertiary alicyclic amines) is 1. The number of nitrogens with one attached hydrogen (secondary N) is 1. The van der Waals surface area contributed by atoms with Crippen LogP contribution in [0.5, 0.6) is 0 Å². The molecule has 0 aromatic carbocycles. The van der Waals surface area contributed by atoms with Gasteiger partial charge in [-0.25, -0.2) is 0 Å². The predicted molar refractivity (Wildman–Crippen MR) is 94.6 cm³/mol. The molecule has 5 heteroatoms. The van der Waals surface area contributed by atoms with Crippen molar-refractivity contribution >= 4 is 23.3 Å². The molecule has 2 aliphatic rings. The molecule has 0 unspecified atom stereocenters. The van der Waals surface area contributed by atoms with E-state index in [9.17, 15) is 4.79 Å². The Hall–Kier alpha value is -1.17. The number of nitrogens with zero attached hydrogens (tertiary/aromatic N) is 1. The zero-order valence-electron chi connectivity index (χ0n) is 13.6. The van der Waals surface area contributed by atoms with Crippen LogP contribution in [0, 0.1) is 0 Å². The second-order valence-electron chi connectivity index (χ2n) is 6.49. The monoisotopic (exact) mass is 334 g/mol. The first-order valence-electron chi connectivity index (χ1n) is 8.59. The first-order valence-corrected chi connectivity index (χ1v) is 9.54. The fourth-order valence-electron chi connectivity index (χ4n) is 3.58. The number of amides is 1. The molecule has 0 spiro atoms. The van der Waals surface area contributed by atoms with Crippen LogP contribution in [0.4, 0.5) is 0 Å². The van der Waals surface area contributed by atoms with Gasteiger partial charge in [0.15, 0.2) is 0 Å². The van der Waals surface area contributed by atoms with Gasteiger partial charge in [0.2, 0.25) is 5.91 Å². The van der Waals surface area contributed by atoms with Crippen LogP contribution in [0.3, 0.4) is 0 Å². The van der Waals surface area contributed by atoms with Crippen molar-refractivity contribution in [3.05, 3.63) is 28.5 Å². The molecule has 2 aliphatic heterocycles. The molecule has 23 heavy (non-hydrogen) atoms. The molecule has 0 aliphatic carbocycles. The lowest BCUT2D eigenvalue weighted by Gasteiger charge is -2.48. The van der Waals surface area contributed by atoms with E-state index in [1.807, 2.05) is 22.9 Å². The number of hydrogen-bond donors (Lipinski definition) is 1. The van der Waals surface area contributed by atoms with Gasteiger partial charge >= 0.3 is 0 Å². The number of carbonyl (C=O) groups excluding carboxylic acids is 1. The maximum atomic E-state index is 12.2. The molecule has 0 radical (unpaired) electrons. The van der Waals surface area contributed by atoms with Gasteiger partial charge in [-0.2, -0.15) is 11.3 Å². The lowest BCUT2D eigenvalue weighted by molar-refractivity contribution is -0.118. The Morgan fingerprint density at radius 2 is 2.09 bits per heavy atom. The van der Waals surface area contributed by atoms with Gasteiger partial charge < -0.3 is 10.1 Å². The van der Waals surface area contributed by atoms with Crippen LogP contribution in [-0.2, 0) is 9.53 Å². The topological polar surface area (TPSA) is 41.6 Å². The van der Waals surface area contributed by atoms with Gasteiger partial charge in [0.25, 0.3) is 0 Å². The molecule has 1 aromatic rings. The van der Waals surface area contributed by atoms with Gasteiger partial charge in [-0.15, -0.1) is 0 Å². The summed E-state index contributed by atoms with van der Waals surface area (Å²) >= 11 is 1.64. The van der Waals surface area contributed by atoms with Crippen molar-refractivity contribution in [2.45, 2.75) is 37.6 Å². The lowest BCUT2D eigenvalue weighted by atomic mass is 9.86. The molecule has 4 nitrogen and oxygen atoms in total. The van der Waals surface area contributed by atoms with Crippen molar-refractivity contribution in [1.82, 2.24) is 10.2 Å². The van der Waals surface area contributed by atoms with Crippen molar-refractivity contribution in [2.75, 3.05) is 32.8 Å². The highest BCUT2D eigenvalue weighted by molar-refractivity contribution is 7.08. The minimum atomic E-state index is -0.000855. The maximum Gasteiger partial charge on any atom is 0.244 e. The molecule has 1 aromatic heterocycles. The van der Waals surface area contributed by atoms with Gasteiger partial charge in [0.05, 0.1) is 0 Å². The molecule has 3 heterocycles. The Morgan fingerprint density at radius 3 is 2.78 bits per heavy atom. The highest BCUT2D eigenvalue weighted by Gasteiger charge is 2.38. The van der Waals surface area contributed by atoms with E-state index in [0.29, 0.717) is 0 Å². The van der Waals surface area contributed by atoms with Crippen LogP contribution in [-0.4, -0.2) is 49.2 Å². The average molecular weight is 334 g/mol. The number of rotatable bonds is 5. The summed E-state index contributed by atoms with van der Waals surface area (Å²) in [5.74, 6) is -0.000855. The number of carbonyl (C=O) groups is 1. The molecule has 3 rings (SSSR count). The fourth-order valence-corrected chi connectivity index (χ4v) is 4.21. The molecule has 1 N–H and O–H groups in total. The third-order valence-corrected chi connectivity index (χ3v) is 5.71. The van der Waals surface area contributed by atoms with Crippen LogP contribution < -0.4 is 5.32 Å². The predicted octanol–water partition coefficient (Wildman–Crippen LogP) is 2.91. The SMILES string of the molecule is O=C(/C=C/c1ccsc1)NCC1(N2CCCCC2)CCOCC1. The molecule has 1 amide bonds. The van der Waals surface area contributed by atoms with Gasteiger partial charge in [-0.05, 0) is 67.2 Å². The second kappa shape index (κ2) is 8.08. The fraction of sp³-hybridized carbons (Fsp3) is 0.611. The normalized spacial score (nSPS) is 22.3. The van der Waals surface area contributed by atoms with Crippen LogP contribution in [0.25, 0.3) is 6.08 Å². The van der Waals surface area contributed by atoms with E-state index in [0.717, 1.165) is 51.3 Å². The minimum absolute atomic E-state index is 0.000855. The molecule has 126 valence electrons. The van der Waals surface area contributed by atoms with Crippen LogP contribution in [0.15, 0.2) is 22.9 Å². The number of hydrogen-bond acceptors (Lipinski definition) is 4. The van der Waals surface area contributed by atoms with Crippen LogP contribution in [0.1, 0.15) is 37.7 Å². The van der Waals surface area contributed by atoms with Crippen molar-refractivity contribution in [2.24, 2.45) is 0 Å². The molecule has 0 bridgehead atoms. The van der Waals surface area contributed by atoms with E-state index in [2.05, 4.69) is 10.2 Å². The Kier molecular flexibility index (Phi) is 5.86. The van der Waals surface area contributed by atoms with Crippen molar-refractivity contribution in [3.63, 3.8) is 0 Å². The van der Waals surface area contributed by atoms with Gasteiger partial charge in [0.1, 0.15) is 0 Å². The van der Waals surface area contributed by atoms with E-state index in [1.54, 1.807) is 17.4 Å². The summed E-state index contributed by atoms with van der Waals surface area (Å²) in [4.78, 5) is 14.8. The first-order chi connectivity index (χ1) is 11.3. The van der Waals surface area contributed by atoms with Crippen molar-refractivity contribution in [1.29, 1.82) is 0 Å². The van der Waals surface area contributed by atoms with E-state index >= 15 is 0 Å². The van der Waals surface area contributed by atoms with Crippen molar-refractivity contribution < 1.29 is 9.53 Å². The summed E-state index contributed by atoms with van der Waals surface area (Å²) < 4.78 is 5.57. The quantitative estimate of drug-likeness (QED) is 0.842. The summed E-state index contributed by atoms with van der Waals surface area (Å²) in [5, 5.41) is 7.19. The van der Waals surface area contributed by atoms with Gasteiger partial charge in [0, 0.05) is 31.4 Å². The second-order valence-corrected chi connectivity index (χ2v) is 7.27. The van der Waals surface area contributed by atoms with Gasteiger partial charge in [-0.1, -0.05) is 6.42 Å². The molecular weight excluding hydrogens is 308 g/mol. The number of thiophene rings is 1. The lowest BCUT2D eigenvalue weighted by Crippen LogP contribution is -2.59. The Balaban J connectivity index is 1.58. The third-order valence-electron chi connectivity index (χ3n) is 5.01. The Labute approximate surface area is 142 Å². The highest BCUT2D eigenvalue weighted by atomic mass is 32.1. The Morgan fingerprint density at radius 1 is 1.30 bits per heavy atom. The number of piperidine rings is 1. The van der Waals surface area contributed by atoms with Crippen molar-refractivity contribution in [3.8, 4) is 0 Å². The molecular formula is C18H26N2O2S. The van der Waals surface area contributed by atoms with E-state index in [-0.39, 0.29) is 11.4 Å². The standard InChI is InChI=1S/C18H26N2O2S/c21-17(5-4-16-6-13-23-14-16)19-15-18(7-11-22-12-8-18)20-9-2-1-3-10-20/h4-6,13-14H,1-3,7-12,15H2,(H,19,21)/b5-4+. The number of ether oxygens (including phenoxy) is 1. The van der Waals surface area contributed by atoms with E-state index in [1.165, 1.54) is 19.3 Å². The molecule has 0 saturated carbocycles. The molecule has 2 fully saturated rings. The average Bonchev–Trinajstić information content (AvgIpc) is 3.13. The minimum Gasteiger partial charge on any atom is -0.381 e. The maximum absolute atomic E-state index is 12.2. The zero-order chi connectivity index (χ0) is 16.0. The highest BCUT2D eigenvalue weighted by Crippen LogP contribution is 2.30. The van der Waals surface area contributed by atoms with Gasteiger partial charge in [-0.3, -0.25) is 9.69 Å². The Bertz CT molecular complexity index is 515. The summed E-state index contributed by atoms with van der Waals surface area (Å²) in [5.41, 5.74) is 1.17. The smallest absolute Gasteiger partial charge is 0.244 e. The van der Waals surface area contributed by atoms with Crippen LogP contribution >= 0.6 is 11.3 Å². The molecule has 2 saturated heterocycles. The molecule has 0 atom stereocenters. The third kappa shape index (κ3) is 4.43. The summed E-state index contributed by atoms with van der Waals surface area (Å²) in [6.45, 7) is 4.64. The van der Waals surface area contributed by atoms with E-state index < -0.39 is 0 Å². The zero-order valence-corrected chi connectivity index (χ0v) is 14.4.